The van der Waals surface area contributed by atoms with E-state index in [0.29, 0.717) is 13.2 Å². The van der Waals surface area contributed by atoms with Crippen molar-refractivity contribution in [1.29, 1.82) is 0 Å². The number of hydrogen-bond donors (Lipinski definition) is 0. The zero-order chi connectivity index (χ0) is 10.3. The van der Waals surface area contributed by atoms with E-state index in [1.165, 1.54) is 0 Å². The standard InChI is InChI=1S/C9H18O4/c1-5-11-9(12-6-2)8(10)13-7(3)4/h7,9H,5-6H2,1-4H3. The molecule has 0 aromatic heterocycles. The van der Waals surface area contributed by atoms with Gasteiger partial charge in [0.15, 0.2) is 0 Å². The van der Waals surface area contributed by atoms with Crippen LogP contribution in [0.5, 0.6) is 0 Å². The molecule has 0 aliphatic heterocycles. The Hall–Kier alpha value is -0.610. The van der Waals surface area contributed by atoms with Crippen LogP contribution in [0.2, 0.25) is 0 Å². The maximum Gasteiger partial charge on any atom is 0.363 e. The second-order valence-corrected chi connectivity index (χ2v) is 2.73. The molecule has 0 aromatic rings. The summed E-state index contributed by atoms with van der Waals surface area (Å²) in [6.07, 6.45) is -1.02. The molecule has 0 atom stereocenters. The van der Waals surface area contributed by atoms with E-state index in [4.69, 9.17) is 14.2 Å². The summed E-state index contributed by atoms with van der Waals surface area (Å²) >= 11 is 0. The topological polar surface area (TPSA) is 44.8 Å². The Morgan fingerprint density at radius 1 is 1.15 bits per heavy atom. The molecular formula is C9H18O4. The van der Waals surface area contributed by atoms with Crippen molar-refractivity contribution in [1.82, 2.24) is 0 Å². The fourth-order valence-corrected chi connectivity index (χ4v) is 0.775. The third-order valence-corrected chi connectivity index (χ3v) is 1.18. The van der Waals surface area contributed by atoms with E-state index >= 15 is 0 Å². The molecule has 0 aliphatic rings. The van der Waals surface area contributed by atoms with Crippen LogP contribution in [0.3, 0.4) is 0 Å². The Morgan fingerprint density at radius 3 is 1.92 bits per heavy atom. The summed E-state index contributed by atoms with van der Waals surface area (Å²) in [5.41, 5.74) is 0. The van der Waals surface area contributed by atoms with Crippen LogP contribution in [0.25, 0.3) is 0 Å². The summed E-state index contributed by atoms with van der Waals surface area (Å²) in [6, 6.07) is 0. The smallest absolute Gasteiger partial charge is 0.363 e. The summed E-state index contributed by atoms with van der Waals surface area (Å²) in [7, 11) is 0. The molecule has 0 heterocycles. The Balaban J connectivity index is 3.95. The van der Waals surface area contributed by atoms with E-state index in [1.54, 1.807) is 27.7 Å². The van der Waals surface area contributed by atoms with Crippen LogP contribution in [0.1, 0.15) is 27.7 Å². The van der Waals surface area contributed by atoms with Crippen LogP contribution in [0.4, 0.5) is 0 Å². The largest absolute Gasteiger partial charge is 0.459 e. The van der Waals surface area contributed by atoms with Gasteiger partial charge in [0.2, 0.25) is 0 Å². The molecule has 78 valence electrons. The number of carbonyl (C=O) groups is 1. The van der Waals surface area contributed by atoms with Gasteiger partial charge in [-0.15, -0.1) is 0 Å². The van der Waals surface area contributed by atoms with Crippen molar-refractivity contribution in [2.45, 2.75) is 40.1 Å². The van der Waals surface area contributed by atoms with Crippen LogP contribution in [-0.4, -0.2) is 31.6 Å². The lowest BCUT2D eigenvalue weighted by atomic mass is 10.5. The fraction of sp³-hybridized carbons (Fsp3) is 0.889. The van der Waals surface area contributed by atoms with Crippen molar-refractivity contribution in [3.8, 4) is 0 Å². The van der Waals surface area contributed by atoms with Crippen LogP contribution in [0.15, 0.2) is 0 Å². The molecule has 4 heteroatoms. The first-order chi connectivity index (χ1) is 6.11. The predicted molar refractivity (Wildman–Crippen MR) is 48.3 cm³/mol. The van der Waals surface area contributed by atoms with E-state index in [0.717, 1.165) is 0 Å². The Labute approximate surface area is 79.2 Å². The normalized spacial score (nSPS) is 10.9. The first-order valence-corrected chi connectivity index (χ1v) is 4.55. The van der Waals surface area contributed by atoms with Crippen molar-refractivity contribution in [2.75, 3.05) is 13.2 Å². The maximum absolute atomic E-state index is 11.3. The fourth-order valence-electron chi connectivity index (χ4n) is 0.775. The minimum atomic E-state index is -0.877. The van der Waals surface area contributed by atoms with Gasteiger partial charge in [0.05, 0.1) is 6.10 Å². The average Bonchev–Trinajstić information content (AvgIpc) is 2.02. The van der Waals surface area contributed by atoms with Crippen molar-refractivity contribution in [3.63, 3.8) is 0 Å². The minimum Gasteiger partial charge on any atom is -0.459 e. The SMILES string of the molecule is CCOC(OCC)C(=O)OC(C)C. The third kappa shape index (κ3) is 5.60. The predicted octanol–water partition coefficient (Wildman–Crippen LogP) is 1.34. The molecule has 0 fully saturated rings. The van der Waals surface area contributed by atoms with Gasteiger partial charge in [0.1, 0.15) is 0 Å². The van der Waals surface area contributed by atoms with Crippen LogP contribution in [-0.2, 0) is 19.0 Å². The number of carbonyl (C=O) groups excluding carboxylic acids is 1. The molecule has 0 saturated heterocycles. The lowest BCUT2D eigenvalue weighted by Gasteiger charge is -2.16. The Bertz CT molecular complexity index is 139. The van der Waals surface area contributed by atoms with Crippen LogP contribution >= 0.6 is 0 Å². The van der Waals surface area contributed by atoms with Gasteiger partial charge in [-0.05, 0) is 27.7 Å². The van der Waals surface area contributed by atoms with Crippen molar-refractivity contribution < 1.29 is 19.0 Å². The number of ether oxygens (including phenoxy) is 3. The second-order valence-electron chi connectivity index (χ2n) is 2.73. The molecule has 0 bridgehead atoms. The number of esters is 1. The molecule has 0 aromatic carbocycles. The highest BCUT2D eigenvalue weighted by Crippen LogP contribution is 2.01. The average molecular weight is 190 g/mol. The van der Waals surface area contributed by atoms with Gasteiger partial charge in [0, 0.05) is 13.2 Å². The quantitative estimate of drug-likeness (QED) is 0.468. The number of rotatable bonds is 6. The molecule has 0 spiro atoms. The van der Waals surface area contributed by atoms with Crippen molar-refractivity contribution in [2.24, 2.45) is 0 Å². The van der Waals surface area contributed by atoms with Crippen molar-refractivity contribution in [3.05, 3.63) is 0 Å². The number of hydrogen-bond acceptors (Lipinski definition) is 4. The van der Waals surface area contributed by atoms with E-state index < -0.39 is 12.3 Å². The molecule has 0 unspecified atom stereocenters. The molecule has 13 heavy (non-hydrogen) atoms. The van der Waals surface area contributed by atoms with Gasteiger partial charge in [-0.3, -0.25) is 0 Å². The molecule has 0 N–H and O–H groups in total. The molecule has 4 nitrogen and oxygen atoms in total. The molecule has 0 saturated carbocycles. The summed E-state index contributed by atoms with van der Waals surface area (Å²) in [5.74, 6) is -0.460. The zero-order valence-corrected chi connectivity index (χ0v) is 8.70. The molecule has 0 radical (unpaired) electrons. The summed E-state index contributed by atoms with van der Waals surface area (Å²) in [6.45, 7) is 8.03. The van der Waals surface area contributed by atoms with Gasteiger partial charge >= 0.3 is 5.97 Å². The van der Waals surface area contributed by atoms with Gasteiger partial charge < -0.3 is 14.2 Å². The van der Waals surface area contributed by atoms with Crippen LogP contribution in [0, 0.1) is 0 Å². The first-order valence-electron chi connectivity index (χ1n) is 4.55. The highest BCUT2D eigenvalue weighted by molar-refractivity contribution is 5.73. The van der Waals surface area contributed by atoms with Gasteiger partial charge in [-0.1, -0.05) is 0 Å². The molecular weight excluding hydrogens is 172 g/mol. The van der Waals surface area contributed by atoms with E-state index in [-0.39, 0.29) is 6.10 Å². The Kier molecular flexibility index (Phi) is 6.54. The summed E-state index contributed by atoms with van der Waals surface area (Å²) < 4.78 is 15.0. The highest BCUT2D eigenvalue weighted by atomic mass is 16.7. The van der Waals surface area contributed by atoms with E-state index in [1.807, 2.05) is 0 Å². The molecule has 0 amide bonds. The van der Waals surface area contributed by atoms with E-state index in [2.05, 4.69) is 0 Å². The third-order valence-electron chi connectivity index (χ3n) is 1.18. The van der Waals surface area contributed by atoms with Crippen LogP contribution < -0.4 is 0 Å². The highest BCUT2D eigenvalue weighted by Gasteiger charge is 2.21. The first kappa shape index (κ1) is 12.4. The second kappa shape index (κ2) is 6.86. The van der Waals surface area contributed by atoms with Gasteiger partial charge in [-0.2, -0.15) is 0 Å². The van der Waals surface area contributed by atoms with Gasteiger partial charge in [-0.25, -0.2) is 4.79 Å². The monoisotopic (exact) mass is 190 g/mol. The summed E-state index contributed by atoms with van der Waals surface area (Å²) in [5, 5.41) is 0. The zero-order valence-electron chi connectivity index (χ0n) is 8.70. The maximum atomic E-state index is 11.3. The minimum absolute atomic E-state index is 0.143. The molecule has 0 aliphatic carbocycles. The van der Waals surface area contributed by atoms with Crippen molar-refractivity contribution >= 4 is 5.97 Å². The lowest BCUT2D eigenvalue weighted by Crippen LogP contribution is -2.31. The van der Waals surface area contributed by atoms with Gasteiger partial charge in [0.25, 0.3) is 6.29 Å². The summed E-state index contributed by atoms with van der Waals surface area (Å²) in [4.78, 5) is 11.3. The lowest BCUT2D eigenvalue weighted by molar-refractivity contribution is -0.196. The Morgan fingerprint density at radius 2 is 1.62 bits per heavy atom. The molecule has 0 rings (SSSR count). The van der Waals surface area contributed by atoms with E-state index in [9.17, 15) is 4.79 Å².